The summed E-state index contributed by atoms with van der Waals surface area (Å²) in [4.78, 5) is 0.437. The molecule has 21 heavy (non-hydrogen) atoms. The average Bonchev–Trinajstić information content (AvgIpc) is 3.30. The van der Waals surface area contributed by atoms with Crippen molar-refractivity contribution in [3.63, 3.8) is 0 Å². The third-order valence-corrected chi connectivity index (χ3v) is 5.13. The van der Waals surface area contributed by atoms with E-state index in [2.05, 4.69) is 0 Å². The molecule has 1 heterocycles. The number of ether oxygens (including phenoxy) is 2. The molecule has 1 aliphatic heterocycles. The van der Waals surface area contributed by atoms with Crippen LogP contribution in [0.2, 0.25) is 5.02 Å². The Balaban J connectivity index is 1.79. The van der Waals surface area contributed by atoms with Gasteiger partial charge in [-0.25, -0.2) is 8.42 Å². The predicted molar refractivity (Wildman–Crippen MR) is 78.6 cm³/mol. The molecule has 0 aromatic heterocycles. The molecule has 1 fully saturated rings. The van der Waals surface area contributed by atoms with Crippen molar-refractivity contribution in [2.24, 2.45) is 0 Å². The van der Waals surface area contributed by atoms with E-state index in [0.717, 1.165) is 6.61 Å². The summed E-state index contributed by atoms with van der Waals surface area (Å²) in [5, 5.41) is 0.500. The van der Waals surface area contributed by atoms with Crippen molar-refractivity contribution in [3.8, 4) is 5.75 Å². The second-order valence-corrected chi connectivity index (χ2v) is 7.08. The van der Waals surface area contributed by atoms with Crippen LogP contribution in [-0.2, 0) is 14.6 Å². The number of sulfone groups is 1. The van der Waals surface area contributed by atoms with Gasteiger partial charge in [-0.05, 0) is 48.5 Å². The molecule has 0 spiro atoms. The lowest BCUT2D eigenvalue weighted by Gasteiger charge is -2.07. The van der Waals surface area contributed by atoms with Gasteiger partial charge in [-0.15, -0.1) is 0 Å². The number of benzene rings is 2. The summed E-state index contributed by atoms with van der Waals surface area (Å²) in [6, 6.07) is 12.5. The zero-order valence-corrected chi connectivity index (χ0v) is 12.6. The van der Waals surface area contributed by atoms with Gasteiger partial charge in [0.25, 0.3) is 0 Å². The molecule has 6 heteroatoms. The summed E-state index contributed by atoms with van der Waals surface area (Å²) in [5.74, 6) is 0.626. The van der Waals surface area contributed by atoms with Crippen molar-refractivity contribution in [2.75, 3.05) is 13.2 Å². The van der Waals surface area contributed by atoms with Crippen LogP contribution in [0.4, 0.5) is 0 Å². The van der Waals surface area contributed by atoms with Crippen LogP contribution >= 0.6 is 11.6 Å². The molecule has 0 aliphatic carbocycles. The maximum Gasteiger partial charge on any atom is 0.206 e. The predicted octanol–water partition coefficient (Wildman–Crippen LogP) is 2.95. The summed E-state index contributed by atoms with van der Waals surface area (Å²) in [6.45, 7) is 1.21. The second kappa shape index (κ2) is 5.67. The van der Waals surface area contributed by atoms with Crippen LogP contribution in [0.25, 0.3) is 0 Å². The van der Waals surface area contributed by atoms with Crippen LogP contribution < -0.4 is 4.74 Å². The van der Waals surface area contributed by atoms with Crippen LogP contribution in [0.1, 0.15) is 0 Å². The van der Waals surface area contributed by atoms with E-state index in [-0.39, 0.29) is 15.9 Å². The van der Waals surface area contributed by atoms with E-state index in [1.807, 2.05) is 0 Å². The number of hydrogen-bond donors (Lipinski definition) is 0. The molecule has 0 N–H and O–H groups in total. The number of rotatable bonds is 5. The molecule has 110 valence electrons. The van der Waals surface area contributed by atoms with Crippen molar-refractivity contribution < 1.29 is 17.9 Å². The Bertz CT molecular complexity index is 719. The van der Waals surface area contributed by atoms with Gasteiger partial charge in [0, 0.05) is 5.02 Å². The van der Waals surface area contributed by atoms with Crippen LogP contribution in [0.3, 0.4) is 0 Å². The van der Waals surface area contributed by atoms with Gasteiger partial charge in [-0.3, -0.25) is 0 Å². The van der Waals surface area contributed by atoms with Gasteiger partial charge in [0.05, 0.1) is 16.4 Å². The smallest absolute Gasteiger partial charge is 0.206 e. The lowest BCUT2D eigenvalue weighted by atomic mass is 10.3. The van der Waals surface area contributed by atoms with Gasteiger partial charge in [0.1, 0.15) is 18.5 Å². The van der Waals surface area contributed by atoms with Crippen LogP contribution in [0, 0.1) is 0 Å². The average molecular weight is 325 g/mol. The van der Waals surface area contributed by atoms with Gasteiger partial charge >= 0.3 is 0 Å². The molecule has 0 saturated carbocycles. The first-order chi connectivity index (χ1) is 10.1. The molecule has 0 bridgehead atoms. The van der Waals surface area contributed by atoms with Crippen LogP contribution in [0.5, 0.6) is 5.75 Å². The molecule has 1 saturated heterocycles. The monoisotopic (exact) mass is 324 g/mol. The van der Waals surface area contributed by atoms with Crippen LogP contribution in [-0.4, -0.2) is 27.7 Å². The fourth-order valence-corrected chi connectivity index (χ4v) is 3.21. The Morgan fingerprint density at radius 3 is 2.10 bits per heavy atom. The maximum atomic E-state index is 12.4. The highest BCUT2D eigenvalue weighted by molar-refractivity contribution is 7.91. The minimum Gasteiger partial charge on any atom is -0.491 e. The van der Waals surface area contributed by atoms with E-state index in [1.165, 1.54) is 24.3 Å². The standard InChI is InChI=1S/C15H13ClO4S/c16-11-1-5-14(6-2-11)21(17,18)15-7-3-12(4-8-15)19-9-13-10-20-13/h1-8,13H,9-10H2. The largest absolute Gasteiger partial charge is 0.491 e. The zero-order valence-electron chi connectivity index (χ0n) is 11.0. The van der Waals surface area contributed by atoms with E-state index in [4.69, 9.17) is 21.1 Å². The highest BCUT2D eigenvalue weighted by atomic mass is 35.5. The van der Waals surface area contributed by atoms with Crippen molar-refractivity contribution in [1.29, 1.82) is 0 Å². The molecule has 1 atom stereocenters. The quantitative estimate of drug-likeness (QED) is 0.793. The third kappa shape index (κ3) is 3.37. The van der Waals surface area contributed by atoms with Gasteiger partial charge in [0.2, 0.25) is 9.84 Å². The SMILES string of the molecule is O=S(=O)(c1ccc(Cl)cc1)c1ccc(OCC2CO2)cc1. The summed E-state index contributed by atoms with van der Waals surface area (Å²) in [6.07, 6.45) is 0.169. The molecule has 0 radical (unpaired) electrons. The van der Waals surface area contributed by atoms with E-state index >= 15 is 0 Å². The number of epoxide rings is 1. The van der Waals surface area contributed by atoms with E-state index in [0.29, 0.717) is 17.4 Å². The minimum atomic E-state index is -3.53. The van der Waals surface area contributed by atoms with Crippen molar-refractivity contribution in [3.05, 3.63) is 53.6 Å². The summed E-state index contributed by atoms with van der Waals surface area (Å²) in [7, 11) is -3.53. The lowest BCUT2D eigenvalue weighted by molar-refractivity contribution is 0.263. The maximum absolute atomic E-state index is 12.4. The molecule has 2 aromatic carbocycles. The lowest BCUT2D eigenvalue weighted by Crippen LogP contribution is -2.05. The topological polar surface area (TPSA) is 55.9 Å². The minimum absolute atomic E-state index is 0.169. The summed E-state index contributed by atoms with van der Waals surface area (Å²) >= 11 is 5.77. The summed E-state index contributed by atoms with van der Waals surface area (Å²) in [5.41, 5.74) is 0. The Kier molecular flexibility index (Phi) is 3.89. The zero-order chi connectivity index (χ0) is 14.9. The van der Waals surface area contributed by atoms with Crippen molar-refractivity contribution in [1.82, 2.24) is 0 Å². The Hall–Kier alpha value is -1.56. The van der Waals surface area contributed by atoms with E-state index in [9.17, 15) is 8.42 Å². The Morgan fingerprint density at radius 1 is 1.05 bits per heavy atom. The summed E-state index contributed by atoms with van der Waals surface area (Å²) < 4.78 is 35.4. The molecular weight excluding hydrogens is 312 g/mol. The Labute approximate surface area is 128 Å². The fraction of sp³-hybridized carbons (Fsp3) is 0.200. The number of hydrogen-bond acceptors (Lipinski definition) is 4. The van der Waals surface area contributed by atoms with E-state index < -0.39 is 9.84 Å². The highest BCUT2D eigenvalue weighted by Crippen LogP contribution is 2.24. The first-order valence-electron chi connectivity index (χ1n) is 6.41. The van der Waals surface area contributed by atoms with Gasteiger partial charge in [-0.1, -0.05) is 11.6 Å². The van der Waals surface area contributed by atoms with Crippen molar-refractivity contribution in [2.45, 2.75) is 15.9 Å². The van der Waals surface area contributed by atoms with Crippen LogP contribution in [0.15, 0.2) is 58.3 Å². The van der Waals surface area contributed by atoms with Crippen molar-refractivity contribution >= 4 is 21.4 Å². The molecule has 1 aliphatic rings. The molecule has 2 aromatic rings. The number of halogens is 1. The first kappa shape index (κ1) is 14.4. The molecule has 0 amide bonds. The molecule has 4 nitrogen and oxygen atoms in total. The normalized spacial score (nSPS) is 17.5. The highest BCUT2D eigenvalue weighted by Gasteiger charge is 2.23. The molecule has 1 unspecified atom stereocenters. The van der Waals surface area contributed by atoms with Gasteiger partial charge < -0.3 is 9.47 Å². The fourth-order valence-electron chi connectivity index (χ4n) is 1.82. The Morgan fingerprint density at radius 2 is 1.57 bits per heavy atom. The van der Waals surface area contributed by atoms with Gasteiger partial charge in [0.15, 0.2) is 0 Å². The molecule has 3 rings (SSSR count). The van der Waals surface area contributed by atoms with Gasteiger partial charge in [-0.2, -0.15) is 0 Å². The van der Waals surface area contributed by atoms with E-state index in [1.54, 1.807) is 24.3 Å². The third-order valence-electron chi connectivity index (χ3n) is 3.10. The first-order valence-corrected chi connectivity index (χ1v) is 8.27. The molecular formula is C15H13ClO4S. The second-order valence-electron chi connectivity index (χ2n) is 4.70.